The van der Waals surface area contributed by atoms with Gasteiger partial charge in [0, 0.05) is 10.9 Å². The van der Waals surface area contributed by atoms with E-state index in [-0.39, 0.29) is 11.8 Å². The quantitative estimate of drug-likeness (QED) is 0.863. The lowest BCUT2D eigenvalue weighted by Gasteiger charge is -2.21. The molecular formula is C13H14BrNO3. The molecule has 1 aliphatic heterocycles. The van der Waals surface area contributed by atoms with Gasteiger partial charge in [0.25, 0.3) is 5.91 Å². The lowest BCUT2D eigenvalue weighted by Crippen LogP contribution is -2.45. The van der Waals surface area contributed by atoms with Crippen LogP contribution in [0.15, 0.2) is 28.7 Å². The van der Waals surface area contributed by atoms with Crippen LogP contribution in [0.2, 0.25) is 0 Å². The predicted octanol–water partition coefficient (Wildman–Crippen LogP) is 1.81. The second-order valence-electron chi connectivity index (χ2n) is 4.19. The molecule has 1 heterocycles. The second kappa shape index (κ2) is 6.11. The van der Waals surface area contributed by atoms with Gasteiger partial charge in [0.1, 0.15) is 6.10 Å². The van der Waals surface area contributed by atoms with Crippen molar-refractivity contribution in [1.82, 2.24) is 5.32 Å². The van der Waals surface area contributed by atoms with Gasteiger partial charge in [0.2, 0.25) is 5.91 Å². The van der Waals surface area contributed by atoms with E-state index in [1.54, 1.807) is 0 Å². The van der Waals surface area contributed by atoms with Crippen LogP contribution in [-0.4, -0.2) is 24.5 Å². The van der Waals surface area contributed by atoms with Gasteiger partial charge >= 0.3 is 0 Å². The Morgan fingerprint density at radius 3 is 2.67 bits per heavy atom. The first-order chi connectivity index (χ1) is 8.65. The molecule has 0 bridgehead atoms. The number of ether oxygens (including phenoxy) is 1. The first-order valence-corrected chi connectivity index (χ1v) is 6.64. The van der Waals surface area contributed by atoms with Gasteiger partial charge in [-0.15, -0.1) is 0 Å². The minimum absolute atomic E-state index is 0.215. The number of carbonyl (C=O) groups excluding carboxylic acids is 2. The fraction of sp³-hybridized carbons (Fsp3) is 0.385. The van der Waals surface area contributed by atoms with E-state index < -0.39 is 6.10 Å². The largest absolute Gasteiger partial charge is 0.368 e. The molecule has 96 valence electrons. The topological polar surface area (TPSA) is 55.4 Å². The Bertz CT molecular complexity index is 444. The van der Waals surface area contributed by atoms with E-state index >= 15 is 0 Å². The van der Waals surface area contributed by atoms with E-state index in [1.807, 2.05) is 24.3 Å². The SMILES string of the molecule is O=C1CCC(OCCc2ccc(Br)cc2)C(=O)N1. The van der Waals surface area contributed by atoms with E-state index in [0.29, 0.717) is 19.4 Å². The maximum atomic E-state index is 11.4. The number of imide groups is 1. The third-order valence-corrected chi connectivity index (χ3v) is 3.34. The van der Waals surface area contributed by atoms with Gasteiger partial charge in [0.05, 0.1) is 6.61 Å². The lowest BCUT2D eigenvalue weighted by atomic mass is 10.1. The summed E-state index contributed by atoms with van der Waals surface area (Å²) in [5, 5.41) is 2.28. The molecule has 18 heavy (non-hydrogen) atoms. The molecule has 0 aromatic heterocycles. The van der Waals surface area contributed by atoms with E-state index in [0.717, 1.165) is 16.5 Å². The molecule has 1 saturated heterocycles. The summed E-state index contributed by atoms with van der Waals surface area (Å²) in [6.07, 6.45) is 1.10. The van der Waals surface area contributed by atoms with Gasteiger partial charge in [-0.3, -0.25) is 14.9 Å². The fourth-order valence-corrected chi connectivity index (χ4v) is 2.07. The van der Waals surface area contributed by atoms with Crippen LogP contribution in [0.4, 0.5) is 0 Å². The van der Waals surface area contributed by atoms with E-state index in [4.69, 9.17) is 4.74 Å². The molecule has 0 aliphatic carbocycles. The maximum Gasteiger partial charge on any atom is 0.255 e. The molecular weight excluding hydrogens is 298 g/mol. The first kappa shape index (κ1) is 13.2. The van der Waals surface area contributed by atoms with Crippen LogP contribution in [0.25, 0.3) is 0 Å². The molecule has 2 rings (SSSR count). The van der Waals surface area contributed by atoms with Gasteiger partial charge in [-0.1, -0.05) is 28.1 Å². The molecule has 0 spiro atoms. The highest BCUT2D eigenvalue weighted by molar-refractivity contribution is 9.10. The van der Waals surface area contributed by atoms with Crippen molar-refractivity contribution in [2.45, 2.75) is 25.4 Å². The Morgan fingerprint density at radius 2 is 2.00 bits per heavy atom. The molecule has 1 aliphatic rings. The van der Waals surface area contributed by atoms with Crippen LogP contribution in [-0.2, 0) is 20.7 Å². The van der Waals surface area contributed by atoms with Crippen molar-refractivity contribution < 1.29 is 14.3 Å². The summed E-state index contributed by atoms with van der Waals surface area (Å²) in [6, 6.07) is 7.97. The van der Waals surface area contributed by atoms with Crippen LogP contribution < -0.4 is 5.32 Å². The van der Waals surface area contributed by atoms with Crippen LogP contribution in [0.5, 0.6) is 0 Å². The standard InChI is InChI=1S/C13H14BrNO3/c14-10-3-1-9(2-4-10)7-8-18-11-5-6-12(16)15-13(11)17/h1-4,11H,5-8H2,(H,15,16,17). The number of benzene rings is 1. The van der Waals surface area contributed by atoms with E-state index in [9.17, 15) is 9.59 Å². The number of piperidine rings is 1. The normalized spacial score (nSPS) is 19.7. The number of halogens is 1. The van der Waals surface area contributed by atoms with Gasteiger partial charge in [-0.25, -0.2) is 0 Å². The van der Waals surface area contributed by atoms with Crippen molar-refractivity contribution in [3.8, 4) is 0 Å². The van der Waals surface area contributed by atoms with Crippen molar-refractivity contribution >= 4 is 27.7 Å². The third-order valence-electron chi connectivity index (χ3n) is 2.81. The Balaban J connectivity index is 1.77. The summed E-state index contributed by atoms with van der Waals surface area (Å²) >= 11 is 3.37. The molecule has 1 fully saturated rings. The predicted molar refractivity (Wildman–Crippen MR) is 70.0 cm³/mol. The zero-order valence-electron chi connectivity index (χ0n) is 9.82. The lowest BCUT2D eigenvalue weighted by molar-refractivity contribution is -0.143. The monoisotopic (exact) mass is 311 g/mol. The molecule has 0 radical (unpaired) electrons. The van der Waals surface area contributed by atoms with Crippen LogP contribution in [0, 0.1) is 0 Å². The van der Waals surface area contributed by atoms with Gasteiger partial charge < -0.3 is 4.74 Å². The Hall–Kier alpha value is -1.20. The average Bonchev–Trinajstić information content (AvgIpc) is 2.34. The highest BCUT2D eigenvalue weighted by atomic mass is 79.9. The highest BCUT2D eigenvalue weighted by Gasteiger charge is 2.26. The van der Waals surface area contributed by atoms with Gasteiger partial charge in [-0.2, -0.15) is 0 Å². The van der Waals surface area contributed by atoms with E-state index in [2.05, 4.69) is 21.2 Å². The smallest absolute Gasteiger partial charge is 0.255 e. The number of hydrogen-bond acceptors (Lipinski definition) is 3. The molecule has 1 aromatic rings. The summed E-state index contributed by atoms with van der Waals surface area (Å²) in [4.78, 5) is 22.4. The summed E-state index contributed by atoms with van der Waals surface area (Å²) < 4.78 is 6.54. The highest BCUT2D eigenvalue weighted by Crippen LogP contribution is 2.12. The third kappa shape index (κ3) is 3.65. The summed E-state index contributed by atoms with van der Waals surface area (Å²) in [6.45, 7) is 0.480. The number of nitrogens with one attached hydrogen (secondary N) is 1. The maximum absolute atomic E-state index is 11.4. The minimum Gasteiger partial charge on any atom is -0.368 e. The van der Waals surface area contributed by atoms with Crippen molar-refractivity contribution in [2.75, 3.05) is 6.61 Å². The second-order valence-corrected chi connectivity index (χ2v) is 5.10. The number of rotatable bonds is 4. The van der Waals surface area contributed by atoms with Crippen molar-refractivity contribution in [1.29, 1.82) is 0 Å². The molecule has 0 saturated carbocycles. The minimum atomic E-state index is -0.488. The summed E-state index contributed by atoms with van der Waals surface area (Å²) in [7, 11) is 0. The van der Waals surface area contributed by atoms with Gasteiger partial charge in [0.15, 0.2) is 0 Å². The van der Waals surface area contributed by atoms with Gasteiger partial charge in [-0.05, 0) is 30.5 Å². The van der Waals surface area contributed by atoms with Crippen LogP contribution in [0.3, 0.4) is 0 Å². The summed E-state index contributed by atoms with van der Waals surface area (Å²) in [5.41, 5.74) is 1.16. The average molecular weight is 312 g/mol. The van der Waals surface area contributed by atoms with Crippen molar-refractivity contribution in [3.05, 3.63) is 34.3 Å². The molecule has 2 amide bonds. The van der Waals surface area contributed by atoms with Crippen molar-refractivity contribution in [3.63, 3.8) is 0 Å². The Labute approximate surface area is 114 Å². The molecule has 5 heteroatoms. The number of carbonyl (C=O) groups is 2. The summed E-state index contributed by atoms with van der Waals surface area (Å²) in [5.74, 6) is -0.533. The first-order valence-electron chi connectivity index (χ1n) is 5.85. The number of amides is 2. The molecule has 1 unspecified atom stereocenters. The molecule has 4 nitrogen and oxygen atoms in total. The Morgan fingerprint density at radius 1 is 1.28 bits per heavy atom. The zero-order valence-corrected chi connectivity index (χ0v) is 11.4. The zero-order chi connectivity index (χ0) is 13.0. The van der Waals surface area contributed by atoms with Crippen molar-refractivity contribution in [2.24, 2.45) is 0 Å². The molecule has 1 N–H and O–H groups in total. The number of hydrogen-bond donors (Lipinski definition) is 1. The Kier molecular flexibility index (Phi) is 4.49. The fourth-order valence-electron chi connectivity index (χ4n) is 1.80. The van der Waals surface area contributed by atoms with E-state index in [1.165, 1.54) is 0 Å². The molecule has 1 aromatic carbocycles. The van der Waals surface area contributed by atoms with Crippen LogP contribution in [0.1, 0.15) is 18.4 Å². The molecule has 1 atom stereocenters. The van der Waals surface area contributed by atoms with Crippen LogP contribution >= 0.6 is 15.9 Å².